The van der Waals surface area contributed by atoms with Crippen molar-refractivity contribution in [1.29, 1.82) is 0 Å². The van der Waals surface area contributed by atoms with Crippen molar-refractivity contribution in [3.05, 3.63) is 29.6 Å². The fraction of sp³-hybridized carbons (Fsp3) is 0.600. The average Bonchev–Trinajstić information content (AvgIpc) is 3.19. The summed E-state index contributed by atoms with van der Waals surface area (Å²) in [7, 11) is -3.54. The van der Waals surface area contributed by atoms with E-state index in [-0.39, 0.29) is 10.7 Å². The first-order valence-corrected chi connectivity index (χ1v) is 9.04. The van der Waals surface area contributed by atoms with Gasteiger partial charge in [-0.25, -0.2) is 17.5 Å². The Morgan fingerprint density at radius 2 is 1.95 bits per heavy atom. The van der Waals surface area contributed by atoms with Crippen LogP contribution in [0.5, 0.6) is 0 Å². The summed E-state index contributed by atoms with van der Waals surface area (Å²) in [5, 5.41) is 3.21. The molecular weight excluding hydrogens is 291 g/mol. The van der Waals surface area contributed by atoms with Gasteiger partial charge in [-0.3, -0.25) is 0 Å². The highest BCUT2D eigenvalue weighted by Crippen LogP contribution is 2.26. The lowest BCUT2D eigenvalue weighted by molar-refractivity contribution is 0.316. The van der Waals surface area contributed by atoms with Crippen molar-refractivity contribution >= 4 is 10.0 Å². The number of halogens is 1. The molecule has 1 aromatic carbocycles. The summed E-state index contributed by atoms with van der Waals surface area (Å²) in [6, 6.07) is 4.47. The predicted molar refractivity (Wildman–Crippen MR) is 78.8 cm³/mol. The molecule has 6 heteroatoms. The highest BCUT2D eigenvalue weighted by molar-refractivity contribution is 7.89. The minimum absolute atomic E-state index is 0.149. The van der Waals surface area contributed by atoms with Crippen LogP contribution in [0.3, 0.4) is 0 Å². The maximum atomic E-state index is 13.8. The molecule has 0 saturated heterocycles. The minimum Gasteiger partial charge on any atom is -0.310 e. The number of hydrogen-bond donors (Lipinski definition) is 2. The summed E-state index contributed by atoms with van der Waals surface area (Å²) in [6.45, 7) is 0.859. The first kappa shape index (κ1) is 14.9. The fourth-order valence-corrected chi connectivity index (χ4v) is 3.57. The Balaban J connectivity index is 1.68. The van der Waals surface area contributed by atoms with Gasteiger partial charge in [0.25, 0.3) is 0 Å². The second-order valence-corrected chi connectivity index (χ2v) is 7.82. The van der Waals surface area contributed by atoms with E-state index < -0.39 is 10.0 Å². The molecule has 0 amide bonds. The molecule has 0 bridgehead atoms. The molecule has 2 aliphatic rings. The zero-order chi connectivity index (χ0) is 14.9. The van der Waals surface area contributed by atoms with Crippen molar-refractivity contribution < 1.29 is 12.8 Å². The van der Waals surface area contributed by atoms with Gasteiger partial charge in [-0.15, -0.1) is 0 Å². The molecule has 116 valence electrons. The average molecular weight is 312 g/mol. The third-order valence-electron chi connectivity index (χ3n) is 4.27. The van der Waals surface area contributed by atoms with E-state index >= 15 is 0 Å². The van der Waals surface area contributed by atoms with Gasteiger partial charge in [0.2, 0.25) is 10.0 Å². The molecule has 0 unspecified atom stereocenters. The highest BCUT2D eigenvalue weighted by atomic mass is 32.2. The Hall–Kier alpha value is -0.980. The Morgan fingerprint density at radius 1 is 1.19 bits per heavy atom. The summed E-state index contributed by atoms with van der Waals surface area (Å²) in [5.74, 6) is 0.0947. The largest absolute Gasteiger partial charge is 0.310 e. The zero-order valence-electron chi connectivity index (χ0n) is 11.9. The molecule has 0 aromatic heterocycles. The third kappa shape index (κ3) is 3.81. The third-order valence-corrected chi connectivity index (χ3v) is 5.69. The quantitative estimate of drug-likeness (QED) is 0.811. The molecule has 21 heavy (non-hydrogen) atoms. The van der Waals surface area contributed by atoms with Gasteiger partial charge in [-0.1, -0.05) is 6.42 Å². The predicted octanol–water partition coefficient (Wildman–Crippen LogP) is 2.16. The van der Waals surface area contributed by atoms with Crippen LogP contribution in [0.15, 0.2) is 23.1 Å². The number of sulfonamides is 1. The van der Waals surface area contributed by atoms with E-state index in [4.69, 9.17) is 0 Å². The second kappa shape index (κ2) is 6.02. The smallest absolute Gasteiger partial charge is 0.240 e. The van der Waals surface area contributed by atoms with E-state index in [0.29, 0.717) is 30.6 Å². The SMILES string of the molecule is O=S(=O)(NCC1CCC1)c1ccc(F)c(CNC2CC2)c1. The lowest BCUT2D eigenvalue weighted by Crippen LogP contribution is -2.32. The highest BCUT2D eigenvalue weighted by Gasteiger charge is 2.23. The summed E-state index contributed by atoms with van der Waals surface area (Å²) in [4.78, 5) is 0.149. The molecule has 0 aliphatic heterocycles. The Morgan fingerprint density at radius 3 is 2.57 bits per heavy atom. The van der Waals surface area contributed by atoms with Crippen molar-refractivity contribution in [1.82, 2.24) is 10.0 Å². The van der Waals surface area contributed by atoms with Crippen LogP contribution in [0.2, 0.25) is 0 Å². The van der Waals surface area contributed by atoms with E-state index in [9.17, 15) is 12.8 Å². The van der Waals surface area contributed by atoms with Crippen LogP contribution in [-0.2, 0) is 16.6 Å². The molecule has 3 rings (SSSR count). The van der Waals surface area contributed by atoms with Crippen LogP contribution >= 0.6 is 0 Å². The Bertz CT molecular complexity index is 610. The standard InChI is InChI=1S/C15H21FN2O2S/c16-15-7-6-14(8-12(15)10-17-13-4-5-13)21(19,20)18-9-11-2-1-3-11/h6-8,11,13,17-18H,1-5,9-10H2. The molecule has 4 nitrogen and oxygen atoms in total. The molecular formula is C15H21FN2O2S. The monoisotopic (exact) mass is 312 g/mol. The van der Waals surface area contributed by atoms with Crippen molar-refractivity contribution in [2.75, 3.05) is 6.54 Å². The van der Waals surface area contributed by atoms with Crippen LogP contribution in [0.4, 0.5) is 4.39 Å². The topological polar surface area (TPSA) is 58.2 Å². The van der Waals surface area contributed by atoms with Crippen molar-refractivity contribution in [2.24, 2.45) is 5.92 Å². The van der Waals surface area contributed by atoms with Gasteiger partial charge in [0, 0.05) is 24.7 Å². The van der Waals surface area contributed by atoms with Gasteiger partial charge in [-0.2, -0.15) is 0 Å². The van der Waals surface area contributed by atoms with Crippen molar-refractivity contribution in [3.8, 4) is 0 Å². The molecule has 2 aliphatic carbocycles. The first-order valence-electron chi connectivity index (χ1n) is 7.56. The lowest BCUT2D eigenvalue weighted by Gasteiger charge is -2.25. The van der Waals surface area contributed by atoms with Crippen LogP contribution in [-0.4, -0.2) is 21.0 Å². The van der Waals surface area contributed by atoms with Gasteiger partial charge in [0.15, 0.2) is 0 Å². The summed E-state index contributed by atoms with van der Waals surface area (Å²) >= 11 is 0. The minimum atomic E-state index is -3.54. The molecule has 0 radical (unpaired) electrons. The fourth-order valence-electron chi connectivity index (χ4n) is 2.40. The Kier molecular flexibility index (Phi) is 4.28. The number of rotatable bonds is 7. The molecule has 0 heterocycles. The van der Waals surface area contributed by atoms with Gasteiger partial charge >= 0.3 is 0 Å². The molecule has 1 aromatic rings. The molecule has 2 saturated carbocycles. The molecule has 0 atom stereocenters. The maximum absolute atomic E-state index is 13.8. The van der Waals surface area contributed by atoms with Gasteiger partial charge < -0.3 is 5.32 Å². The van der Waals surface area contributed by atoms with Crippen molar-refractivity contribution in [3.63, 3.8) is 0 Å². The first-order chi connectivity index (χ1) is 10.0. The lowest BCUT2D eigenvalue weighted by atomic mass is 9.86. The number of nitrogens with one attached hydrogen (secondary N) is 2. The van der Waals surface area contributed by atoms with Crippen LogP contribution in [0.25, 0.3) is 0 Å². The van der Waals surface area contributed by atoms with Crippen molar-refractivity contribution in [2.45, 2.75) is 49.6 Å². The Labute approximate surface area is 125 Å². The van der Waals surface area contributed by atoms with Gasteiger partial charge in [0.1, 0.15) is 5.82 Å². The van der Waals surface area contributed by atoms with E-state index in [0.717, 1.165) is 25.7 Å². The summed E-state index contributed by atoms with van der Waals surface area (Å²) in [5.41, 5.74) is 0.411. The maximum Gasteiger partial charge on any atom is 0.240 e. The van der Waals surface area contributed by atoms with Gasteiger partial charge in [0.05, 0.1) is 4.90 Å². The number of hydrogen-bond acceptors (Lipinski definition) is 3. The van der Waals surface area contributed by atoms with E-state index in [1.165, 1.54) is 24.6 Å². The van der Waals surface area contributed by atoms with Crippen LogP contribution < -0.4 is 10.0 Å². The molecule has 2 fully saturated rings. The van der Waals surface area contributed by atoms with Crippen LogP contribution in [0, 0.1) is 11.7 Å². The van der Waals surface area contributed by atoms with E-state index in [2.05, 4.69) is 10.0 Å². The zero-order valence-corrected chi connectivity index (χ0v) is 12.8. The van der Waals surface area contributed by atoms with E-state index in [1.54, 1.807) is 0 Å². The van der Waals surface area contributed by atoms with E-state index in [1.807, 2.05) is 0 Å². The molecule has 2 N–H and O–H groups in total. The molecule has 0 spiro atoms. The van der Waals surface area contributed by atoms with Crippen LogP contribution in [0.1, 0.15) is 37.7 Å². The summed E-state index contributed by atoms with van der Waals surface area (Å²) in [6.07, 6.45) is 5.58. The normalized spacial score (nSPS) is 19.5. The van der Waals surface area contributed by atoms with Gasteiger partial charge in [-0.05, 0) is 49.8 Å². The second-order valence-electron chi connectivity index (χ2n) is 6.06. The summed E-state index contributed by atoms with van der Waals surface area (Å²) < 4.78 is 40.9. The number of benzene rings is 1.